The van der Waals surface area contributed by atoms with Gasteiger partial charge in [-0.3, -0.25) is 9.88 Å². The lowest BCUT2D eigenvalue weighted by Gasteiger charge is -2.31. The monoisotopic (exact) mass is 291 g/mol. The Hall–Kier alpha value is -2.13. The molecule has 0 bridgehead atoms. The molecule has 22 heavy (non-hydrogen) atoms. The second-order valence-corrected chi connectivity index (χ2v) is 6.19. The summed E-state index contributed by atoms with van der Waals surface area (Å²) in [6.45, 7) is 3.32. The van der Waals surface area contributed by atoms with E-state index in [9.17, 15) is 0 Å². The van der Waals surface area contributed by atoms with Crippen LogP contribution in [0.1, 0.15) is 30.1 Å². The number of hydrogen-bond donors (Lipinski definition) is 1. The number of piperidine rings is 1. The molecule has 2 aromatic heterocycles. The highest BCUT2D eigenvalue weighted by Crippen LogP contribution is 2.27. The van der Waals surface area contributed by atoms with Crippen molar-refractivity contribution in [3.63, 3.8) is 0 Å². The SMILES string of the molecule is c1ccc(C2CCN(Cc3cc4ccccc4[nH]3)CC2)nc1. The molecular weight excluding hydrogens is 270 g/mol. The van der Waals surface area contributed by atoms with Gasteiger partial charge in [0.05, 0.1) is 0 Å². The molecule has 0 unspecified atom stereocenters. The standard InChI is InChI=1S/C19H21N3/c1-2-7-19-16(5-1)13-17(21-19)14-22-11-8-15(9-12-22)18-6-3-4-10-20-18/h1-7,10,13,15,21H,8-9,11-12,14H2. The van der Waals surface area contributed by atoms with Gasteiger partial charge in [0.1, 0.15) is 0 Å². The molecule has 1 N–H and O–H groups in total. The molecule has 0 atom stereocenters. The van der Waals surface area contributed by atoms with Gasteiger partial charge in [-0.05, 0) is 55.6 Å². The highest BCUT2D eigenvalue weighted by molar-refractivity contribution is 5.80. The smallest absolute Gasteiger partial charge is 0.0456 e. The summed E-state index contributed by atoms with van der Waals surface area (Å²) in [6, 6.07) is 17.0. The van der Waals surface area contributed by atoms with Crippen molar-refractivity contribution in [2.45, 2.75) is 25.3 Å². The number of H-pyrrole nitrogens is 1. The number of para-hydroxylation sites is 1. The first-order valence-electron chi connectivity index (χ1n) is 8.08. The van der Waals surface area contributed by atoms with Crippen LogP contribution in [-0.2, 0) is 6.54 Å². The molecule has 1 fully saturated rings. The van der Waals surface area contributed by atoms with E-state index in [0.29, 0.717) is 5.92 Å². The summed E-state index contributed by atoms with van der Waals surface area (Å²) in [5, 5.41) is 1.31. The third-order valence-corrected chi connectivity index (χ3v) is 4.67. The Bertz CT molecular complexity index is 706. The quantitative estimate of drug-likeness (QED) is 0.792. The first-order chi connectivity index (χ1) is 10.9. The van der Waals surface area contributed by atoms with Gasteiger partial charge in [0.2, 0.25) is 0 Å². The molecule has 112 valence electrons. The van der Waals surface area contributed by atoms with E-state index >= 15 is 0 Å². The first kappa shape index (κ1) is 13.5. The van der Waals surface area contributed by atoms with Crippen LogP contribution in [0.25, 0.3) is 10.9 Å². The van der Waals surface area contributed by atoms with Gasteiger partial charge in [0, 0.05) is 35.6 Å². The van der Waals surface area contributed by atoms with Crippen LogP contribution in [-0.4, -0.2) is 28.0 Å². The van der Waals surface area contributed by atoms with Gasteiger partial charge in [0.25, 0.3) is 0 Å². The Morgan fingerprint density at radius 1 is 1.05 bits per heavy atom. The summed E-state index contributed by atoms with van der Waals surface area (Å²) in [7, 11) is 0. The summed E-state index contributed by atoms with van der Waals surface area (Å²) in [5.41, 5.74) is 3.81. The average Bonchev–Trinajstić information content (AvgIpc) is 2.98. The van der Waals surface area contributed by atoms with Gasteiger partial charge in [-0.1, -0.05) is 24.3 Å². The first-order valence-corrected chi connectivity index (χ1v) is 8.08. The number of aromatic amines is 1. The van der Waals surface area contributed by atoms with E-state index in [0.717, 1.165) is 19.6 Å². The van der Waals surface area contributed by atoms with Crippen LogP contribution >= 0.6 is 0 Å². The molecule has 1 aliphatic rings. The maximum absolute atomic E-state index is 4.52. The number of fused-ring (bicyclic) bond motifs is 1. The summed E-state index contributed by atoms with van der Waals surface area (Å²) in [4.78, 5) is 10.6. The van der Waals surface area contributed by atoms with Crippen molar-refractivity contribution in [1.29, 1.82) is 0 Å². The zero-order valence-electron chi connectivity index (χ0n) is 12.7. The van der Waals surface area contributed by atoms with Gasteiger partial charge in [-0.15, -0.1) is 0 Å². The molecule has 0 radical (unpaired) electrons. The van der Waals surface area contributed by atoms with Crippen LogP contribution in [0.2, 0.25) is 0 Å². The maximum Gasteiger partial charge on any atom is 0.0456 e. The summed E-state index contributed by atoms with van der Waals surface area (Å²) in [6.07, 6.45) is 4.32. The van der Waals surface area contributed by atoms with Crippen molar-refractivity contribution < 1.29 is 0 Å². The van der Waals surface area contributed by atoms with Crippen molar-refractivity contribution in [3.8, 4) is 0 Å². The Kier molecular flexibility index (Phi) is 3.65. The minimum atomic E-state index is 0.625. The largest absolute Gasteiger partial charge is 0.357 e. The van der Waals surface area contributed by atoms with Crippen LogP contribution in [0.3, 0.4) is 0 Å². The number of pyridine rings is 1. The van der Waals surface area contributed by atoms with Crippen molar-refractivity contribution >= 4 is 10.9 Å². The molecule has 3 heterocycles. The molecule has 0 aliphatic carbocycles. The van der Waals surface area contributed by atoms with Gasteiger partial charge in [-0.2, -0.15) is 0 Å². The minimum Gasteiger partial charge on any atom is -0.357 e. The Morgan fingerprint density at radius 2 is 1.86 bits per heavy atom. The number of rotatable bonds is 3. The van der Waals surface area contributed by atoms with E-state index in [-0.39, 0.29) is 0 Å². The molecular formula is C19H21N3. The Labute approximate surface area is 131 Å². The third-order valence-electron chi connectivity index (χ3n) is 4.67. The normalized spacial score (nSPS) is 17.1. The topological polar surface area (TPSA) is 31.9 Å². The van der Waals surface area contributed by atoms with E-state index in [1.165, 1.54) is 35.1 Å². The average molecular weight is 291 g/mol. The van der Waals surface area contributed by atoms with E-state index in [1.807, 2.05) is 12.3 Å². The maximum atomic E-state index is 4.52. The molecule has 1 saturated heterocycles. The van der Waals surface area contributed by atoms with Crippen molar-refractivity contribution in [3.05, 3.63) is 66.1 Å². The number of benzene rings is 1. The van der Waals surface area contributed by atoms with E-state index < -0.39 is 0 Å². The molecule has 1 aliphatic heterocycles. The Morgan fingerprint density at radius 3 is 2.64 bits per heavy atom. The summed E-state index contributed by atoms with van der Waals surface area (Å²) >= 11 is 0. The fourth-order valence-corrected chi connectivity index (χ4v) is 3.46. The van der Waals surface area contributed by atoms with E-state index in [1.54, 1.807) is 0 Å². The highest BCUT2D eigenvalue weighted by atomic mass is 15.1. The predicted octanol–water partition coefficient (Wildman–Crippen LogP) is 3.94. The fraction of sp³-hybridized carbons (Fsp3) is 0.316. The number of nitrogens with zero attached hydrogens (tertiary/aromatic N) is 2. The molecule has 0 amide bonds. The molecule has 1 aromatic carbocycles. The highest BCUT2D eigenvalue weighted by Gasteiger charge is 2.21. The molecule has 0 saturated carbocycles. The number of hydrogen-bond acceptors (Lipinski definition) is 2. The fourth-order valence-electron chi connectivity index (χ4n) is 3.46. The molecule has 3 nitrogen and oxygen atoms in total. The Balaban J connectivity index is 1.39. The lowest BCUT2D eigenvalue weighted by atomic mass is 9.93. The van der Waals surface area contributed by atoms with Gasteiger partial charge < -0.3 is 4.98 Å². The minimum absolute atomic E-state index is 0.625. The van der Waals surface area contributed by atoms with Crippen LogP contribution < -0.4 is 0 Å². The van der Waals surface area contributed by atoms with Crippen LogP contribution in [0.5, 0.6) is 0 Å². The van der Waals surface area contributed by atoms with Crippen LogP contribution in [0, 0.1) is 0 Å². The van der Waals surface area contributed by atoms with E-state index in [4.69, 9.17) is 0 Å². The van der Waals surface area contributed by atoms with Crippen molar-refractivity contribution in [1.82, 2.24) is 14.9 Å². The third kappa shape index (κ3) is 2.77. The molecule has 0 spiro atoms. The van der Waals surface area contributed by atoms with Gasteiger partial charge >= 0.3 is 0 Å². The van der Waals surface area contributed by atoms with Gasteiger partial charge in [-0.25, -0.2) is 0 Å². The van der Waals surface area contributed by atoms with Crippen molar-refractivity contribution in [2.24, 2.45) is 0 Å². The zero-order valence-corrected chi connectivity index (χ0v) is 12.7. The molecule has 3 aromatic rings. The number of likely N-dealkylation sites (tertiary alicyclic amines) is 1. The molecule has 3 heteroatoms. The van der Waals surface area contributed by atoms with Crippen molar-refractivity contribution in [2.75, 3.05) is 13.1 Å². The lowest BCUT2D eigenvalue weighted by Crippen LogP contribution is -2.32. The molecule has 4 rings (SSSR count). The number of nitrogens with one attached hydrogen (secondary N) is 1. The second kappa shape index (κ2) is 5.93. The van der Waals surface area contributed by atoms with Crippen LogP contribution in [0.15, 0.2) is 54.7 Å². The zero-order chi connectivity index (χ0) is 14.8. The second-order valence-electron chi connectivity index (χ2n) is 6.19. The van der Waals surface area contributed by atoms with Gasteiger partial charge in [0.15, 0.2) is 0 Å². The number of aromatic nitrogens is 2. The lowest BCUT2D eigenvalue weighted by molar-refractivity contribution is 0.201. The summed E-state index contributed by atoms with van der Waals surface area (Å²) in [5.74, 6) is 0.625. The van der Waals surface area contributed by atoms with E-state index in [2.05, 4.69) is 57.3 Å². The summed E-state index contributed by atoms with van der Waals surface area (Å²) < 4.78 is 0. The van der Waals surface area contributed by atoms with Crippen LogP contribution in [0.4, 0.5) is 0 Å². The predicted molar refractivity (Wildman–Crippen MR) is 89.8 cm³/mol.